The van der Waals surface area contributed by atoms with E-state index in [1.807, 2.05) is 6.92 Å². The SMILES string of the molecule is Cc1c(N)cc(F)cc1C=CCN. The highest BCUT2D eigenvalue weighted by atomic mass is 19.1. The lowest BCUT2D eigenvalue weighted by atomic mass is 10.1. The van der Waals surface area contributed by atoms with Crippen LogP contribution in [0.15, 0.2) is 18.2 Å². The molecule has 0 unspecified atom stereocenters. The highest BCUT2D eigenvalue weighted by molar-refractivity contribution is 5.62. The van der Waals surface area contributed by atoms with E-state index in [1.165, 1.54) is 12.1 Å². The summed E-state index contributed by atoms with van der Waals surface area (Å²) in [4.78, 5) is 0. The summed E-state index contributed by atoms with van der Waals surface area (Å²) in [5, 5.41) is 0. The first-order valence-electron chi connectivity index (χ1n) is 4.07. The molecule has 1 rings (SSSR count). The average Bonchev–Trinajstić information content (AvgIpc) is 2.09. The van der Waals surface area contributed by atoms with Gasteiger partial charge < -0.3 is 11.5 Å². The summed E-state index contributed by atoms with van der Waals surface area (Å²) in [6.07, 6.45) is 3.54. The fourth-order valence-electron chi connectivity index (χ4n) is 1.09. The van der Waals surface area contributed by atoms with Crippen molar-refractivity contribution in [2.75, 3.05) is 12.3 Å². The summed E-state index contributed by atoms with van der Waals surface area (Å²) in [6.45, 7) is 2.29. The minimum atomic E-state index is -0.320. The summed E-state index contributed by atoms with van der Waals surface area (Å²) in [6, 6.07) is 2.76. The summed E-state index contributed by atoms with van der Waals surface area (Å²) >= 11 is 0. The quantitative estimate of drug-likeness (QED) is 0.680. The Kier molecular flexibility index (Phi) is 3.03. The molecule has 0 aliphatic heterocycles. The minimum Gasteiger partial charge on any atom is -0.398 e. The molecule has 0 bridgehead atoms. The van der Waals surface area contributed by atoms with Crippen LogP contribution in [-0.4, -0.2) is 6.54 Å². The van der Waals surface area contributed by atoms with E-state index < -0.39 is 0 Å². The van der Waals surface area contributed by atoms with Gasteiger partial charge in [-0.25, -0.2) is 4.39 Å². The van der Waals surface area contributed by atoms with Crippen molar-refractivity contribution in [2.45, 2.75) is 6.92 Å². The third-order valence-corrected chi connectivity index (χ3v) is 1.89. The van der Waals surface area contributed by atoms with Crippen molar-refractivity contribution >= 4 is 11.8 Å². The normalized spacial score (nSPS) is 11.0. The van der Waals surface area contributed by atoms with Crippen molar-refractivity contribution in [2.24, 2.45) is 5.73 Å². The molecule has 0 saturated heterocycles. The average molecular weight is 180 g/mol. The molecule has 70 valence electrons. The lowest BCUT2D eigenvalue weighted by Gasteiger charge is -2.04. The lowest BCUT2D eigenvalue weighted by molar-refractivity contribution is 0.628. The van der Waals surface area contributed by atoms with Gasteiger partial charge in [-0.3, -0.25) is 0 Å². The van der Waals surface area contributed by atoms with E-state index in [0.717, 1.165) is 11.1 Å². The van der Waals surface area contributed by atoms with Gasteiger partial charge in [0.1, 0.15) is 5.82 Å². The molecule has 4 N–H and O–H groups in total. The third-order valence-electron chi connectivity index (χ3n) is 1.89. The first-order valence-corrected chi connectivity index (χ1v) is 4.07. The fourth-order valence-corrected chi connectivity index (χ4v) is 1.09. The summed E-state index contributed by atoms with van der Waals surface area (Å²) in [7, 11) is 0. The Morgan fingerprint density at radius 1 is 1.46 bits per heavy atom. The largest absolute Gasteiger partial charge is 0.398 e. The number of rotatable bonds is 2. The van der Waals surface area contributed by atoms with Gasteiger partial charge in [-0.1, -0.05) is 12.2 Å². The van der Waals surface area contributed by atoms with Crippen LogP contribution in [0.25, 0.3) is 6.08 Å². The predicted octanol–water partition coefficient (Wildman–Crippen LogP) is 1.69. The Balaban J connectivity index is 3.12. The maximum atomic E-state index is 12.9. The van der Waals surface area contributed by atoms with Gasteiger partial charge in [0, 0.05) is 12.2 Å². The zero-order valence-corrected chi connectivity index (χ0v) is 7.55. The highest BCUT2D eigenvalue weighted by Crippen LogP contribution is 2.19. The number of anilines is 1. The van der Waals surface area contributed by atoms with E-state index in [9.17, 15) is 4.39 Å². The summed E-state index contributed by atoms with van der Waals surface area (Å²) < 4.78 is 12.9. The van der Waals surface area contributed by atoms with Crippen molar-refractivity contribution in [3.63, 3.8) is 0 Å². The van der Waals surface area contributed by atoms with E-state index >= 15 is 0 Å². The maximum Gasteiger partial charge on any atom is 0.125 e. The second kappa shape index (κ2) is 4.05. The van der Waals surface area contributed by atoms with Gasteiger partial charge in [-0.2, -0.15) is 0 Å². The molecule has 0 saturated carbocycles. The molecule has 0 amide bonds. The Bertz CT molecular complexity index is 332. The molecule has 3 heteroatoms. The molecule has 0 aliphatic carbocycles. The van der Waals surface area contributed by atoms with E-state index in [0.29, 0.717) is 12.2 Å². The van der Waals surface area contributed by atoms with Gasteiger partial charge in [-0.05, 0) is 30.2 Å². The smallest absolute Gasteiger partial charge is 0.125 e. The molecule has 0 aromatic heterocycles. The first kappa shape index (κ1) is 9.74. The molecule has 2 nitrogen and oxygen atoms in total. The van der Waals surface area contributed by atoms with Crippen LogP contribution in [-0.2, 0) is 0 Å². The van der Waals surface area contributed by atoms with E-state index in [4.69, 9.17) is 11.5 Å². The molecule has 0 aliphatic rings. The van der Waals surface area contributed by atoms with E-state index in [1.54, 1.807) is 12.2 Å². The van der Waals surface area contributed by atoms with Crippen molar-refractivity contribution < 1.29 is 4.39 Å². The Morgan fingerprint density at radius 3 is 2.77 bits per heavy atom. The van der Waals surface area contributed by atoms with Crippen LogP contribution in [0, 0.1) is 12.7 Å². The number of halogens is 1. The van der Waals surface area contributed by atoms with Crippen LogP contribution in [0.5, 0.6) is 0 Å². The zero-order valence-electron chi connectivity index (χ0n) is 7.55. The van der Waals surface area contributed by atoms with Crippen LogP contribution < -0.4 is 11.5 Å². The van der Waals surface area contributed by atoms with E-state index in [2.05, 4.69) is 0 Å². The summed E-state index contributed by atoms with van der Waals surface area (Å²) in [5.41, 5.74) is 13.0. The molecule has 0 fully saturated rings. The molecular weight excluding hydrogens is 167 g/mol. The number of nitrogen functional groups attached to an aromatic ring is 1. The molecule has 13 heavy (non-hydrogen) atoms. The van der Waals surface area contributed by atoms with Gasteiger partial charge in [0.15, 0.2) is 0 Å². The molecule has 0 spiro atoms. The zero-order chi connectivity index (χ0) is 9.84. The van der Waals surface area contributed by atoms with Crippen molar-refractivity contribution in [3.8, 4) is 0 Å². The van der Waals surface area contributed by atoms with Crippen LogP contribution in [0.1, 0.15) is 11.1 Å². The maximum absolute atomic E-state index is 12.9. The second-order valence-electron chi connectivity index (χ2n) is 2.85. The Hall–Kier alpha value is -1.35. The molecular formula is C10H13FN2. The molecule has 0 atom stereocenters. The van der Waals surface area contributed by atoms with Crippen molar-refractivity contribution in [1.29, 1.82) is 0 Å². The standard InChI is InChI=1S/C10H13FN2/c1-7-8(3-2-4-12)5-9(11)6-10(7)13/h2-3,5-6H,4,12-13H2,1H3. The third kappa shape index (κ3) is 2.29. The molecule has 1 aromatic carbocycles. The topological polar surface area (TPSA) is 52.0 Å². The Labute approximate surface area is 77.0 Å². The van der Waals surface area contributed by atoms with Crippen LogP contribution >= 0.6 is 0 Å². The summed E-state index contributed by atoms with van der Waals surface area (Å²) in [5.74, 6) is -0.320. The molecule has 0 heterocycles. The van der Waals surface area contributed by atoms with Crippen LogP contribution in [0.3, 0.4) is 0 Å². The van der Waals surface area contributed by atoms with Gasteiger partial charge >= 0.3 is 0 Å². The van der Waals surface area contributed by atoms with Crippen LogP contribution in [0.4, 0.5) is 10.1 Å². The predicted molar refractivity (Wildman–Crippen MR) is 53.6 cm³/mol. The minimum absolute atomic E-state index is 0.320. The molecule has 1 aromatic rings. The first-order chi connectivity index (χ1) is 6.15. The fraction of sp³-hybridized carbons (Fsp3) is 0.200. The monoisotopic (exact) mass is 180 g/mol. The number of benzene rings is 1. The number of nitrogens with two attached hydrogens (primary N) is 2. The molecule has 0 radical (unpaired) electrons. The highest BCUT2D eigenvalue weighted by Gasteiger charge is 2.01. The van der Waals surface area contributed by atoms with Gasteiger partial charge in [0.05, 0.1) is 0 Å². The number of hydrogen-bond donors (Lipinski definition) is 2. The lowest BCUT2D eigenvalue weighted by Crippen LogP contribution is -1.95. The van der Waals surface area contributed by atoms with Crippen LogP contribution in [0.2, 0.25) is 0 Å². The van der Waals surface area contributed by atoms with E-state index in [-0.39, 0.29) is 5.82 Å². The second-order valence-corrected chi connectivity index (χ2v) is 2.85. The van der Waals surface area contributed by atoms with Gasteiger partial charge in [0.25, 0.3) is 0 Å². The number of hydrogen-bond acceptors (Lipinski definition) is 2. The van der Waals surface area contributed by atoms with Gasteiger partial charge in [0.2, 0.25) is 0 Å². The van der Waals surface area contributed by atoms with Crippen molar-refractivity contribution in [1.82, 2.24) is 0 Å². The Morgan fingerprint density at radius 2 is 2.15 bits per heavy atom. The van der Waals surface area contributed by atoms with Gasteiger partial charge in [-0.15, -0.1) is 0 Å². The van der Waals surface area contributed by atoms with Crippen molar-refractivity contribution in [3.05, 3.63) is 35.2 Å².